The van der Waals surface area contributed by atoms with Gasteiger partial charge in [0.05, 0.1) is 0 Å². The van der Waals surface area contributed by atoms with Gasteiger partial charge >= 0.3 is 0 Å². The zero-order valence-corrected chi connectivity index (χ0v) is 7.61. The van der Waals surface area contributed by atoms with Gasteiger partial charge in [0.1, 0.15) is 0 Å². The summed E-state index contributed by atoms with van der Waals surface area (Å²) in [6, 6.07) is 0. The van der Waals surface area contributed by atoms with Gasteiger partial charge in [-0.3, -0.25) is 0 Å². The molecule has 0 N–H and O–H groups in total. The summed E-state index contributed by atoms with van der Waals surface area (Å²) in [6.45, 7) is 6.09. The van der Waals surface area contributed by atoms with E-state index in [9.17, 15) is 8.42 Å². The maximum absolute atomic E-state index is 10.1. The van der Waals surface area contributed by atoms with E-state index in [4.69, 9.17) is 0 Å². The molecule has 0 unspecified atom stereocenters. The van der Waals surface area contributed by atoms with Crippen LogP contribution in [0.15, 0.2) is 24.0 Å². The van der Waals surface area contributed by atoms with Crippen LogP contribution in [0.2, 0.25) is 0 Å². The molecule has 0 aromatic carbocycles. The quantitative estimate of drug-likeness (QED) is 0.518. The first kappa shape index (κ1) is 11.3. The van der Waals surface area contributed by atoms with Gasteiger partial charge in [0.25, 0.3) is 0 Å². The summed E-state index contributed by atoms with van der Waals surface area (Å²) in [4.78, 5) is 0. The number of hydrogen-bond acceptors (Lipinski definition) is 2. The van der Waals surface area contributed by atoms with Crippen LogP contribution in [0.5, 0.6) is 0 Å². The Bertz CT molecular complexity index is 154. The van der Waals surface area contributed by atoms with Crippen LogP contribution in [0.3, 0.4) is 0 Å². The van der Waals surface area contributed by atoms with Gasteiger partial charge in [-0.25, -0.2) is 8.42 Å². The second-order valence-electron chi connectivity index (χ2n) is 0.922. The topological polar surface area (TPSA) is 34.1 Å². The third-order valence-corrected chi connectivity index (χ3v) is 1.39. The number of hydrogen-bond donors (Lipinski definition) is 0. The molecule has 41 valence electrons. The van der Waals surface area contributed by atoms with Crippen molar-refractivity contribution in [2.45, 2.75) is 0 Å². The molecule has 0 saturated heterocycles. The predicted octanol–water partition coefficient (Wildman–Crippen LogP) is 0.307. The number of rotatable bonds is 2. The van der Waals surface area contributed by atoms with Crippen molar-refractivity contribution in [3.63, 3.8) is 0 Å². The van der Waals surface area contributed by atoms with E-state index in [2.05, 4.69) is 13.2 Å². The molecule has 4 heteroatoms. The Balaban J connectivity index is 0. The maximum atomic E-state index is 10.1. The molecule has 0 fully saturated rings. The molecule has 1 radical (unpaired) electrons. The predicted molar refractivity (Wildman–Crippen MR) is 35.1 cm³/mol. The molecule has 0 amide bonds. The molecule has 0 bridgehead atoms. The van der Waals surface area contributed by atoms with Crippen LogP contribution in [0, 0.1) is 0 Å². The normalized spacial score (nSPS) is 9.00. The first-order chi connectivity index (χ1) is 3.12. The van der Waals surface area contributed by atoms with Gasteiger partial charge in [-0.1, -0.05) is 13.2 Å². The molecular formula is C4H6NaO2S. The summed E-state index contributed by atoms with van der Waals surface area (Å²) in [7, 11) is -3.13. The zero-order chi connectivity index (χ0) is 5.91. The fourth-order valence-electron chi connectivity index (χ4n) is 0.0680. The maximum Gasteiger partial charge on any atom is 0.191 e. The first-order valence-corrected chi connectivity index (χ1v) is 3.23. The van der Waals surface area contributed by atoms with Crippen molar-refractivity contribution in [1.82, 2.24) is 0 Å². The number of sulfone groups is 1. The Morgan fingerprint density at radius 2 is 1.38 bits per heavy atom. The average molecular weight is 141 g/mol. The summed E-state index contributed by atoms with van der Waals surface area (Å²) < 4.78 is 20.3. The molecule has 0 aliphatic heterocycles. The van der Waals surface area contributed by atoms with Crippen LogP contribution in [-0.2, 0) is 9.84 Å². The summed E-state index contributed by atoms with van der Waals surface area (Å²) >= 11 is 0. The molecular weight excluding hydrogens is 135 g/mol. The third-order valence-electron chi connectivity index (χ3n) is 0.465. The van der Waals surface area contributed by atoms with Gasteiger partial charge in [0.15, 0.2) is 9.84 Å². The second kappa shape index (κ2) is 4.32. The van der Waals surface area contributed by atoms with Gasteiger partial charge in [-0.2, -0.15) is 0 Å². The molecule has 0 spiro atoms. The van der Waals surface area contributed by atoms with Crippen LogP contribution >= 0.6 is 0 Å². The van der Waals surface area contributed by atoms with Gasteiger partial charge in [0, 0.05) is 40.4 Å². The van der Waals surface area contributed by atoms with Gasteiger partial charge in [0.2, 0.25) is 0 Å². The van der Waals surface area contributed by atoms with Crippen molar-refractivity contribution >= 4 is 39.4 Å². The molecule has 0 aromatic rings. The van der Waals surface area contributed by atoms with Gasteiger partial charge in [-0.05, 0) is 0 Å². The Morgan fingerprint density at radius 3 is 1.38 bits per heavy atom. The molecule has 0 aromatic heterocycles. The van der Waals surface area contributed by atoms with E-state index in [1.165, 1.54) is 0 Å². The minimum Gasteiger partial charge on any atom is -0.220 e. The molecule has 2 nitrogen and oxygen atoms in total. The monoisotopic (exact) mass is 141 g/mol. The van der Waals surface area contributed by atoms with Crippen molar-refractivity contribution < 1.29 is 8.42 Å². The average Bonchev–Trinajstić information content (AvgIpc) is 1.68. The van der Waals surface area contributed by atoms with Gasteiger partial charge in [-0.15, -0.1) is 0 Å². The van der Waals surface area contributed by atoms with Crippen molar-refractivity contribution in [1.29, 1.82) is 0 Å². The van der Waals surface area contributed by atoms with E-state index in [-0.39, 0.29) is 29.6 Å². The van der Waals surface area contributed by atoms with E-state index in [0.717, 1.165) is 10.8 Å². The minimum atomic E-state index is -3.13. The van der Waals surface area contributed by atoms with E-state index in [1.54, 1.807) is 0 Å². The van der Waals surface area contributed by atoms with Crippen LogP contribution in [0.1, 0.15) is 0 Å². The van der Waals surface area contributed by atoms with Crippen molar-refractivity contribution in [3.8, 4) is 0 Å². The zero-order valence-electron chi connectivity index (χ0n) is 4.79. The minimum absolute atomic E-state index is 0. The van der Waals surface area contributed by atoms with E-state index >= 15 is 0 Å². The molecule has 0 aliphatic carbocycles. The summed E-state index contributed by atoms with van der Waals surface area (Å²) in [5, 5.41) is 1.69. The molecule has 0 atom stereocenters. The van der Waals surface area contributed by atoms with Crippen molar-refractivity contribution in [2.75, 3.05) is 0 Å². The van der Waals surface area contributed by atoms with Crippen molar-refractivity contribution in [3.05, 3.63) is 24.0 Å². The largest absolute Gasteiger partial charge is 0.220 e. The molecule has 0 rings (SSSR count). The van der Waals surface area contributed by atoms with E-state index in [1.807, 2.05) is 0 Å². The SMILES string of the molecule is C=CS(=O)(=O)C=C.[Na]. The Morgan fingerprint density at radius 1 is 1.12 bits per heavy atom. The van der Waals surface area contributed by atoms with Crippen LogP contribution in [-0.4, -0.2) is 38.0 Å². The molecule has 0 aliphatic rings. The fourth-order valence-corrected chi connectivity index (χ4v) is 0.204. The van der Waals surface area contributed by atoms with E-state index in [0.29, 0.717) is 0 Å². The molecule has 0 heterocycles. The van der Waals surface area contributed by atoms with Crippen LogP contribution < -0.4 is 0 Å². The molecule has 0 saturated carbocycles. The smallest absolute Gasteiger partial charge is 0.191 e. The Kier molecular flexibility index (Phi) is 6.08. The summed E-state index contributed by atoms with van der Waals surface area (Å²) in [5.41, 5.74) is 0. The summed E-state index contributed by atoms with van der Waals surface area (Å²) in [6.07, 6.45) is 0. The van der Waals surface area contributed by atoms with Crippen molar-refractivity contribution in [2.24, 2.45) is 0 Å². The Hall–Kier alpha value is 0.430. The first-order valence-electron chi connectivity index (χ1n) is 1.62. The summed E-state index contributed by atoms with van der Waals surface area (Å²) in [5.74, 6) is 0. The standard InChI is InChI=1S/C4H6O2S.Na/c1-3-7(5,6)4-2;/h3-4H,1-2H2;. The fraction of sp³-hybridized carbons (Fsp3) is 0. The van der Waals surface area contributed by atoms with E-state index < -0.39 is 9.84 Å². The Labute approximate surface area is 71.5 Å². The van der Waals surface area contributed by atoms with Gasteiger partial charge < -0.3 is 0 Å². The third kappa shape index (κ3) is 4.59. The molecule has 8 heavy (non-hydrogen) atoms. The second-order valence-corrected chi connectivity index (χ2v) is 2.77. The van der Waals surface area contributed by atoms with Crippen LogP contribution in [0.4, 0.5) is 0 Å². The van der Waals surface area contributed by atoms with Crippen LogP contribution in [0.25, 0.3) is 0 Å².